The molecule has 2 aromatic rings. The number of nitro benzene ring substituents is 1. The molecule has 114 valence electrons. The van der Waals surface area contributed by atoms with Gasteiger partial charge in [0.15, 0.2) is 5.78 Å². The molecule has 0 aliphatic carbocycles. The number of nitrogens with zero attached hydrogens (tertiary/aromatic N) is 1. The van der Waals surface area contributed by atoms with Crippen LogP contribution in [0.1, 0.15) is 22.8 Å². The first kappa shape index (κ1) is 16.0. The zero-order valence-electron chi connectivity index (χ0n) is 12.2. The summed E-state index contributed by atoms with van der Waals surface area (Å²) in [5.41, 5.74) is 1.62. The molecular formula is C16H15NO4S. The number of nitro groups is 1. The van der Waals surface area contributed by atoms with Crippen LogP contribution in [0.4, 0.5) is 5.69 Å². The normalized spacial score (nSPS) is 10.3. The minimum Gasteiger partial charge on any atom is -0.496 e. The van der Waals surface area contributed by atoms with E-state index in [0.29, 0.717) is 11.3 Å². The molecule has 6 heteroatoms. The van der Waals surface area contributed by atoms with Crippen molar-refractivity contribution in [2.24, 2.45) is 0 Å². The molecule has 22 heavy (non-hydrogen) atoms. The summed E-state index contributed by atoms with van der Waals surface area (Å²) < 4.78 is 5.31. The predicted molar refractivity (Wildman–Crippen MR) is 85.7 cm³/mol. The number of ether oxygens (including phenoxy) is 1. The molecule has 0 radical (unpaired) electrons. The van der Waals surface area contributed by atoms with Gasteiger partial charge in [-0.05, 0) is 37.3 Å². The van der Waals surface area contributed by atoms with Crippen molar-refractivity contribution in [3.8, 4) is 5.75 Å². The maximum atomic E-state index is 11.5. The summed E-state index contributed by atoms with van der Waals surface area (Å²) in [5, 5.41) is 10.6. The summed E-state index contributed by atoms with van der Waals surface area (Å²) >= 11 is 1.53. The number of hydrogen-bond acceptors (Lipinski definition) is 5. The standard InChI is InChI=1S/C16H15NO4S/c1-11(18)12-3-8-16(21-2)13(9-12)10-22-15-6-4-14(5-7-15)17(19)20/h3-9H,10H2,1-2H3. The van der Waals surface area contributed by atoms with Crippen LogP contribution in [0.3, 0.4) is 0 Å². The number of carbonyl (C=O) groups excluding carboxylic acids is 1. The molecule has 2 rings (SSSR count). The van der Waals surface area contributed by atoms with Crippen LogP contribution in [-0.4, -0.2) is 17.8 Å². The largest absolute Gasteiger partial charge is 0.496 e. The lowest BCUT2D eigenvalue weighted by atomic mass is 10.1. The number of benzene rings is 2. The number of thioether (sulfide) groups is 1. The SMILES string of the molecule is COc1ccc(C(C)=O)cc1CSc1ccc([N+](=O)[O-])cc1. The Morgan fingerprint density at radius 1 is 1.23 bits per heavy atom. The molecule has 0 saturated carbocycles. The number of ketones is 1. The average molecular weight is 317 g/mol. The molecule has 0 spiro atoms. The third-order valence-corrected chi connectivity index (χ3v) is 4.19. The summed E-state index contributed by atoms with van der Waals surface area (Å²) in [6.07, 6.45) is 0. The second-order valence-electron chi connectivity index (χ2n) is 4.62. The lowest BCUT2D eigenvalue weighted by Crippen LogP contribution is -1.97. The fraction of sp³-hybridized carbons (Fsp3) is 0.188. The molecule has 0 aromatic heterocycles. The number of non-ortho nitro benzene ring substituents is 1. The van der Waals surface area contributed by atoms with Crippen LogP contribution in [0.15, 0.2) is 47.4 Å². The first-order valence-electron chi connectivity index (χ1n) is 6.56. The summed E-state index contributed by atoms with van der Waals surface area (Å²) in [6, 6.07) is 11.7. The van der Waals surface area contributed by atoms with Crippen LogP contribution < -0.4 is 4.74 Å². The summed E-state index contributed by atoms with van der Waals surface area (Å²) in [6.45, 7) is 1.52. The number of rotatable bonds is 6. The van der Waals surface area contributed by atoms with Crippen LogP contribution >= 0.6 is 11.8 Å². The quantitative estimate of drug-likeness (QED) is 0.347. The van der Waals surface area contributed by atoms with Gasteiger partial charge in [0.05, 0.1) is 12.0 Å². The van der Waals surface area contributed by atoms with Crippen molar-refractivity contribution in [3.63, 3.8) is 0 Å². The molecule has 0 saturated heterocycles. The van der Waals surface area contributed by atoms with Crippen LogP contribution in [0.25, 0.3) is 0 Å². The Bertz CT molecular complexity index is 698. The molecule has 0 atom stereocenters. The van der Waals surface area contributed by atoms with Gasteiger partial charge in [-0.15, -0.1) is 11.8 Å². The fourth-order valence-corrected chi connectivity index (χ4v) is 2.81. The molecule has 0 bridgehead atoms. The topological polar surface area (TPSA) is 69.4 Å². The molecule has 0 heterocycles. The van der Waals surface area contributed by atoms with E-state index >= 15 is 0 Å². The number of methoxy groups -OCH3 is 1. The van der Waals surface area contributed by atoms with Crippen molar-refractivity contribution < 1.29 is 14.5 Å². The van der Waals surface area contributed by atoms with Crippen LogP contribution in [0.5, 0.6) is 5.75 Å². The molecule has 0 fully saturated rings. The van der Waals surface area contributed by atoms with Crippen molar-refractivity contribution in [1.82, 2.24) is 0 Å². The van der Waals surface area contributed by atoms with E-state index in [-0.39, 0.29) is 11.5 Å². The van der Waals surface area contributed by atoms with E-state index in [0.717, 1.165) is 16.2 Å². The zero-order chi connectivity index (χ0) is 16.1. The van der Waals surface area contributed by atoms with Crippen molar-refractivity contribution >= 4 is 23.2 Å². The molecule has 0 aliphatic rings. The zero-order valence-corrected chi connectivity index (χ0v) is 13.1. The van der Waals surface area contributed by atoms with Gasteiger partial charge in [-0.3, -0.25) is 14.9 Å². The molecule has 0 aliphatic heterocycles. The highest BCUT2D eigenvalue weighted by atomic mass is 32.2. The van der Waals surface area contributed by atoms with Crippen molar-refractivity contribution in [2.75, 3.05) is 7.11 Å². The van der Waals surface area contributed by atoms with Gasteiger partial charge in [0.25, 0.3) is 5.69 Å². The average Bonchev–Trinajstić information content (AvgIpc) is 2.52. The Morgan fingerprint density at radius 3 is 2.45 bits per heavy atom. The summed E-state index contributed by atoms with van der Waals surface area (Å²) in [4.78, 5) is 22.6. The molecular weight excluding hydrogens is 302 g/mol. The molecule has 0 N–H and O–H groups in total. The minimum absolute atomic E-state index is 0.00392. The second-order valence-corrected chi connectivity index (χ2v) is 5.67. The molecule has 0 unspecified atom stereocenters. The van der Waals surface area contributed by atoms with Crippen LogP contribution in [0, 0.1) is 10.1 Å². The number of Topliss-reactive ketones (excluding diaryl/α,β-unsaturated/α-hetero) is 1. The van der Waals surface area contributed by atoms with E-state index in [2.05, 4.69) is 0 Å². The van der Waals surface area contributed by atoms with Gasteiger partial charge in [0.1, 0.15) is 5.75 Å². The number of carbonyl (C=O) groups is 1. The highest BCUT2D eigenvalue weighted by molar-refractivity contribution is 7.98. The highest BCUT2D eigenvalue weighted by Crippen LogP contribution is 2.29. The maximum Gasteiger partial charge on any atom is 0.269 e. The predicted octanol–water partition coefficient (Wildman–Crippen LogP) is 4.10. The van der Waals surface area contributed by atoms with E-state index < -0.39 is 4.92 Å². The monoisotopic (exact) mass is 317 g/mol. The molecule has 2 aromatic carbocycles. The van der Waals surface area contributed by atoms with E-state index in [1.165, 1.54) is 30.8 Å². The van der Waals surface area contributed by atoms with E-state index in [1.807, 2.05) is 6.07 Å². The Morgan fingerprint density at radius 2 is 1.91 bits per heavy atom. The second kappa shape index (κ2) is 7.09. The van der Waals surface area contributed by atoms with Gasteiger partial charge in [0, 0.05) is 33.9 Å². The Hall–Kier alpha value is -2.34. The van der Waals surface area contributed by atoms with E-state index in [1.54, 1.807) is 31.4 Å². The van der Waals surface area contributed by atoms with Gasteiger partial charge in [0.2, 0.25) is 0 Å². The number of hydrogen-bond donors (Lipinski definition) is 0. The Balaban J connectivity index is 2.14. The third kappa shape index (κ3) is 3.85. The van der Waals surface area contributed by atoms with E-state index in [9.17, 15) is 14.9 Å². The van der Waals surface area contributed by atoms with Crippen LogP contribution in [0.2, 0.25) is 0 Å². The Kier molecular flexibility index (Phi) is 5.16. The third-order valence-electron chi connectivity index (χ3n) is 3.13. The first-order valence-corrected chi connectivity index (χ1v) is 7.55. The van der Waals surface area contributed by atoms with Gasteiger partial charge >= 0.3 is 0 Å². The minimum atomic E-state index is -0.423. The van der Waals surface area contributed by atoms with Crippen molar-refractivity contribution in [1.29, 1.82) is 0 Å². The Labute approximate surface area is 132 Å². The van der Waals surface area contributed by atoms with Gasteiger partial charge in [-0.25, -0.2) is 0 Å². The van der Waals surface area contributed by atoms with Gasteiger partial charge in [-0.2, -0.15) is 0 Å². The molecule has 0 amide bonds. The fourth-order valence-electron chi connectivity index (χ4n) is 1.94. The summed E-state index contributed by atoms with van der Waals surface area (Å²) in [7, 11) is 1.59. The van der Waals surface area contributed by atoms with Crippen molar-refractivity contribution in [3.05, 3.63) is 63.7 Å². The lowest BCUT2D eigenvalue weighted by molar-refractivity contribution is -0.384. The van der Waals surface area contributed by atoms with E-state index in [4.69, 9.17) is 4.74 Å². The molecule has 5 nitrogen and oxygen atoms in total. The summed E-state index contributed by atoms with van der Waals surface area (Å²) in [5.74, 6) is 1.34. The first-order chi connectivity index (χ1) is 10.5. The van der Waals surface area contributed by atoms with Gasteiger partial charge < -0.3 is 4.74 Å². The van der Waals surface area contributed by atoms with Gasteiger partial charge in [-0.1, -0.05) is 0 Å². The van der Waals surface area contributed by atoms with Crippen molar-refractivity contribution in [2.45, 2.75) is 17.6 Å². The smallest absolute Gasteiger partial charge is 0.269 e. The van der Waals surface area contributed by atoms with Crippen LogP contribution in [-0.2, 0) is 5.75 Å². The maximum absolute atomic E-state index is 11.5. The lowest BCUT2D eigenvalue weighted by Gasteiger charge is -2.09. The highest BCUT2D eigenvalue weighted by Gasteiger charge is 2.09.